The van der Waals surface area contributed by atoms with Gasteiger partial charge < -0.3 is 10.1 Å². The number of halogens is 4. The van der Waals surface area contributed by atoms with E-state index in [0.717, 1.165) is 11.3 Å². The molecule has 26 heavy (non-hydrogen) atoms. The molecule has 11 heteroatoms. The van der Waals surface area contributed by atoms with Gasteiger partial charge in [0.15, 0.2) is 5.69 Å². The van der Waals surface area contributed by atoms with Crippen molar-refractivity contribution in [1.82, 2.24) is 10.2 Å². The number of hydrogen-bond donors (Lipinski definition) is 2. The van der Waals surface area contributed by atoms with E-state index >= 15 is 0 Å². The zero-order valence-electron chi connectivity index (χ0n) is 12.9. The van der Waals surface area contributed by atoms with E-state index in [1.54, 1.807) is 17.2 Å². The number of ether oxygens (including phenoxy) is 1. The number of amides is 1. The van der Waals surface area contributed by atoms with Gasteiger partial charge in [0.1, 0.15) is 10.6 Å². The van der Waals surface area contributed by atoms with Gasteiger partial charge in [0, 0.05) is 21.8 Å². The quantitative estimate of drug-likeness (QED) is 0.637. The zero-order chi connectivity index (χ0) is 19.1. The van der Waals surface area contributed by atoms with Gasteiger partial charge in [-0.3, -0.25) is 9.89 Å². The van der Waals surface area contributed by atoms with E-state index in [4.69, 9.17) is 11.6 Å². The van der Waals surface area contributed by atoms with Gasteiger partial charge in [0.05, 0.1) is 12.1 Å². The molecule has 1 amide bonds. The van der Waals surface area contributed by atoms with Crippen LogP contribution in [0.2, 0.25) is 5.02 Å². The lowest BCUT2D eigenvalue weighted by atomic mass is 10.2. The number of carbonyl (C=O) groups is 2. The Bertz CT molecular complexity index is 1010. The molecule has 6 nitrogen and oxygen atoms in total. The van der Waals surface area contributed by atoms with E-state index in [2.05, 4.69) is 15.2 Å². The number of aromatic amines is 1. The van der Waals surface area contributed by atoms with Crippen LogP contribution in [0.4, 0.5) is 18.9 Å². The Morgan fingerprint density at radius 2 is 2.04 bits per heavy atom. The molecule has 0 unspecified atom stereocenters. The first kappa shape index (κ1) is 18.2. The van der Waals surface area contributed by atoms with Crippen LogP contribution in [0.5, 0.6) is 0 Å². The number of carbonyl (C=O) groups excluding carboxylic acids is 2. The van der Waals surface area contributed by atoms with Gasteiger partial charge in [-0.1, -0.05) is 11.6 Å². The van der Waals surface area contributed by atoms with E-state index in [1.807, 2.05) is 0 Å². The number of aromatic nitrogens is 2. The van der Waals surface area contributed by atoms with Crippen LogP contribution in [0.15, 0.2) is 24.3 Å². The van der Waals surface area contributed by atoms with Crippen molar-refractivity contribution in [2.24, 2.45) is 0 Å². The van der Waals surface area contributed by atoms with E-state index in [-0.39, 0.29) is 9.90 Å². The molecular weight excluding hydrogens is 395 g/mol. The number of methoxy groups -OCH3 is 1. The highest BCUT2D eigenvalue weighted by atomic mass is 35.5. The zero-order valence-corrected chi connectivity index (χ0v) is 14.5. The van der Waals surface area contributed by atoms with E-state index in [9.17, 15) is 22.8 Å². The molecule has 0 fully saturated rings. The van der Waals surface area contributed by atoms with Gasteiger partial charge >= 0.3 is 12.1 Å². The molecular formula is C15H9ClF3N3O3S. The number of benzene rings is 1. The highest BCUT2D eigenvalue weighted by molar-refractivity contribution is 7.21. The Kier molecular flexibility index (Phi) is 4.63. The highest BCUT2D eigenvalue weighted by Crippen LogP contribution is 2.37. The maximum absolute atomic E-state index is 12.5. The molecule has 0 spiro atoms. The number of alkyl halides is 3. The normalized spacial score (nSPS) is 11.6. The van der Waals surface area contributed by atoms with Crippen LogP contribution in [-0.2, 0) is 10.9 Å². The summed E-state index contributed by atoms with van der Waals surface area (Å²) in [7, 11) is 1.23. The molecule has 0 radical (unpaired) electrons. The Hall–Kier alpha value is -2.59. The van der Waals surface area contributed by atoms with E-state index in [0.29, 0.717) is 21.8 Å². The van der Waals surface area contributed by atoms with Gasteiger partial charge in [-0.25, -0.2) is 4.79 Å². The molecule has 2 aromatic heterocycles. The maximum atomic E-state index is 12.5. The second-order valence-electron chi connectivity index (χ2n) is 5.07. The van der Waals surface area contributed by atoms with Crippen molar-refractivity contribution >= 4 is 50.6 Å². The van der Waals surface area contributed by atoms with Crippen LogP contribution in [0.3, 0.4) is 0 Å². The molecule has 3 aromatic rings. The van der Waals surface area contributed by atoms with Gasteiger partial charge in [0.2, 0.25) is 0 Å². The van der Waals surface area contributed by atoms with Gasteiger partial charge in [-0.2, -0.15) is 18.3 Å². The van der Waals surface area contributed by atoms with Crippen molar-refractivity contribution < 1.29 is 27.5 Å². The molecule has 0 aliphatic rings. The third-order valence-electron chi connectivity index (χ3n) is 3.37. The SMILES string of the molecule is COC(=O)c1sc2cc(NC(=O)c3cc(C(F)(F)F)[nH]n3)ccc2c1Cl. The fourth-order valence-electron chi connectivity index (χ4n) is 2.15. The number of thiophene rings is 1. The third kappa shape index (κ3) is 3.37. The molecule has 0 aliphatic carbocycles. The van der Waals surface area contributed by atoms with Crippen molar-refractivity contribution in [2.75, 3.05) is 12.4 Å². The number of hydrogen-bond acceptors (Lipinski definition) is 5. The predicted octanol–water partition coefficient (Wildman–Crippen LogP) is 4.34. The lowest BCUT2D eigenvalue weighted by Gasteiger charge is -2.03. The largest absolute Gasteiger partial charge is 0.465 e. The monoisotopic (exact) mass is 403 g/mol. The summed E-state index contributed by atoms with van der Waals surface area (Å²) in [5, 5.41) is 8.40. The molecule has 0 saturated heterocycles. The van der Waals surface area contributed by atoms with Crippen LogP contribution in [0, 0.1) is 0 Å². The maximum Gasteiger partial charge on any atom is 0.432 e. The topological polar surface area (TPSA) is 84.1 Å². The summed E-state index contributed by atoms with van der Waals surface area (Å²) in [5.41, 5.74) is -1.21. The van der Waals surface area contributed by atoms with Crippen LogP contribution < -0.4 is 5.32 Å². The van der Waals surface area contributed by atoms with Crippen LogP contribution in [0.1, 0.15) is 25.9 Å². The molecule has 136 valence electrons. The van der Waals surface area contributed by atoms with Crippen molar-refractivity contribution in [2.45, 2.75) is 6.18 Å². The number of fused-ring (bicyclic) bond motifs is 1. The Balaban J connectivity index is 1.86. The van der Waals surface area contributed by atoms with Gasteiger partial charge in [-0.15, -0.1) is 11.3 Å². The second kappa shape index (κ2) is 6.61. The molecule has 0 saturated carbocycles. The number of H-pyrrole nitrogens is 1. The first-order valence-corrected chi connectivity index (χ1v) is 8.14. The summed E-state index contributed by atoms with van der Waals surface area (Å²) in [4.78, 5) is 23.9. The molecule has 0 bridgehead atoms. The van der Waals surface area contributed by atoms with Gasteiger partial charge in [-0.05, 0) is 18.2 Å². The van der Waals surface area contributed by atoms with Gasteiger partial charge in [0.25, 0.3) is 5.91 Å². The Morgan fingerprint density at radius 3 is 2.65 bits per heavy atom. The third-order valence-corrected chi connectivity index (χ3v) is 5.01. The molecule has 2 N–H and O–H groups in total. The summed E-state index contributed by atoms with van der Waals surface area (Å²) >= 11 is 7.20. The van der Waals surface area contributed by atoms with Crippen molar-refractivity contribution in [3.05, 3.63) is 45.6 Å². The number of nitrogens with one attached hydrogen (secondary N) is 2. The predicted molar refractivity (Wildman–Crippen MR) is 89.7 cm³/mol. The molecule has 0 atom stereocenters. The second-order valence-corrected chi connectivity index (χ2v) is 6.50. The van der Waals surface area contributed by atoms with Crippen LogP contribution in [0.25, 0.3) is 10.1 Å². The molecule has 2 heterocycles. The minimum Gasteiger partial charge on any atom is -0.465 e. The Morgan fingerprint density at radius 1 is 1.31 bits per heavy atom. The standard InChI is InChI=1S/C15H9ClF3N3O3S/c1-25-14(24)12-11(16)7-3-2-6(4-9(7)26-12)20-13(23)8-5-10(22-21-8)15(17,18)19/h2-5H,1H3,(H,20,23)(H,21,22). The van der Waals surface area contributed by atoms with Crippen LogP contribution >= 0.6 is 22.9 Å². The minimum atomic E-state index is -4.62. The Labute approximate surface area is 152 Å². The number of anilines is 1. The summed E-state index contributed by atoms with van der Waals surface area (Å²) < 4.78 is 42.9. The fraction of sp³-hybridized carbons (Fsp3) is 0.133. The lowest BCUT2D eigenvalue weighted by Crippen LogP contribution is -2.12. The number of esters is 1. The molecule has 1 aromatic carbocycles. The first-order valence-electron chi connectivity index (χ1n) is 6.95. The van der Waals surface area contributed by atoms with Crippen molar-refractivity contribution in [3.8, 4) is 0 Å². The summed E-state index contributed by atoms with van der Waals surface area (Å²) in [6.45, 7) is 0. The number of rotatable bonds is 3. The van der Waals surface area contributed by atoms with Crippen LogP contribution in [-0.4, -0.2) is 29.2 Å². The molecule has 3 rings (SSSR count). The smallest absolute Gasteiger partial charge is 0.432 e. The van der Waals surface area contributed by atoms with Crippen molar-refractivity contribution in [3.63, 3.8) is 0 Å². The summed E-state index contributed by atoms with van der Waals surface area (Å²) in [5.74, 6) is -1.40. The van der Waals surface area contributed by atoms with Crippen molar-refractivity contribution in [1.29, 1.82) is 0 Å². The minimum absolute atomic E-state index is 0.217. The highest BCUT2D eigenvalue weighted by Gasteiger charge is 2.33. The first-order chi connectivity index (χ1) is 12.2. The fourth-order valence-corrected chi connectivity index (χ4v) is 3.61. The average Bonchev–Trinajstić information content (AvgIpc) is 3.19. The average molecular weight is 404 g/mol. The van der Waals surface area contributed by atoms with E-state index < -0.39 is 29.4 Å². The van der Waals surface area contributed by atoms with E-state index in [1.165, 1.54) is 13.2 Å². The molecule has 0 aliphatic heterocycles. The lowest BCUT2D eigenvalue weighted by molar-refractivity contribution is -0.141. The number of nitrogens with zero attached hydrogens (tertiary/aromatic N) is 1. The summed E-state index contributed by atoms with van der Waals surface area (Å²) in [6.07, 6.45) is -4.62. The summed E-state index contributed by atoms with van der Waals surface area (Å²) in [6, 6.07) is 5.26.